The number of hydrogen-bond acceptors (Lipinski definition) is 1. The van der Waals surface area contributed by atoms with Crippen LogP contribution in [0.5, 0.6) is 0 Å². The third kappa shape index (κ3) is 2.16. The molecule has 0 heterocycles. The molecule has 2 N–H and O–H groups in total. The number of halogens is 1. The van der Waals surface area contributed by atoms with Crippen LogP contribution in [0.1, 0.15) is 33.1 Å². The van der Waals surface area contributed by atoms with Crippen molar-refractivity contribution in [1.82, 2.24) is 0 Å². The van der Waals surface area contributed by atoms with Gasteiger partial charge in [-0.15, -0.1) is 0 Å². The molecule has 0 bridgehead atoms. The molecule has 1 rings (SSSR count). The summed E-state index contributed by atoms with van der Waals surface area (Å²) in [5.41, 5.74) is 5.75. The van der Waals surface area contributed by atoms with Crippen molar-refractivity contribution in [2.24, 2.45) is 17.6 Å². The van der Waals surface area contributed by atoms with Crippen LogP contribution in [0.3, 0.4) is 0 Å². The second kappa shape index (κ2) is 3.53. The Bertz CT molecular complexity index is 125. The zero-order valence-electron chi connectivity index (χ0n) is 7.39. The van der Waals surface area contributed by atoms with Gasteiger partial charge in [-0.2, -0.15) is 0 Å². The van der Waals surface area contributed by atoms with Gasteiger partial charge >= 0.3 is 0 Å². The lowest BCUT2D eigenvalue weighted by atomic mass is 9.78. The van der Waals surface area contributed by atoms with Crippen molar-refractivity contribution in [2.45, 2.75) is 45.3 Å². The maximum atomic E-state index is 13.0. The van der Waals surface area contributed by atoms with E-state index in [1.54, 1.807) is 0 Å². The molecule has 0 spiro atoms. The Hall–Kier alpha value is -0.110. The smallest absolute Gasteiger partial charge is 0.103 e. The molecule has 11 heavy (non-hydrogen) atoms. The molecule has 4 atom stereocenters. The topological polar surface area (TPSA) is 26.0 Å². The first kappa shape index (κ1) is 8.98. The normalized spacial score (nSPS) is 42.0. The van der Waals surface area contributed by atoms with E-state index in [4.69, 9.17) is 5.73 Å². The average molecular weight is 159 g/mol. The summed E-state index contributed by atoms with van der Waals surface area (Å²) in [6.07, 6.45) is 2.08. The molecule has 1 nitrogen and oxygen atoms in total. The monoisotopic (exact) mass is 159 g/mol. The van der Waals surface area contributed by atoms with Gasteiger partial charge in [-0.25, -0.2) is 4.39 Å². The van der Waals surface area contributed by atoms with Gasteiger partial charge in [-0.05, 0) is 38.0 Å². The maximum absolute atomic E-state index is 13.0. The van der Waals surface area contributed by atoms with Gasteiger partial charge in [0.25, 0.3) is 0 Å². The molecule has 2 heteroatoms. The van der Waals surface area contributed by atoms with Crippen molar-refractivity contribution < 1.29 is 4.39 Å². The van der Waals surface area contributed by atoms with Crippen molar-refractivity contribution in [2.75, 3.05) is 0 Å². The lowest BCUT2D eigenvalue weighted by molar-refractivity contribution is 0.131. The molecule has 1 fully saturated rings. The summed E-state index contributed by atoms with van der Waals surface area (Å²) in [5, 5.41) is 0. The molecule has 0 radical (unpaired) electrons. The van der Waals surface area contributed by atoms with Crippen molar-refractivity contribution in [3.05, 3.63) is 0 Å². The molecule has 3 unspecified atom stereocenters. The lowest BCUT2D eigenvalue weighted by Gasteiger charge is -2.31. The van der Waals surface area contributed by atoms with Crippen molar-refractivity contribution in [3.63, 3.8) is 0 Å². The molecule has 0 aromatic rings. The van der Waals surface area contributed by atoms with Crippen LogP contribution >= 0.6 is 0 Å². The molecule has 0 aromatic carbocycles. The summed E-state index contributed by atoms with van der Waals surface area (Å²) in [5.74, 6) is 0.775. The van der Waals surface area contributed by atoms with Gasteiger partial charge in [0, 0.05) is 6.04 Å². The van der Waals surface area contributed by atoms with E-state index in [1.807, 2.05) is 13.8 Å². The highest BCUT2D eigenvalue weighted by molar-refractivity contribution is 4.81. The highest BCUT2D eigenvalue weighted by Gasteiger charge is 2.28. The first-order valence-electron chi connectivity index (χ1n) is 4.51. The minimum atomic E-state index is -0.579. The van der Waals surface area contributed by atoms with Crippen molar-refractivity contribution >= 4 is 0 Å². The van der Waals surface area contributed by atoms with E-state index in [-0.39, 0.29) is 12.0 Å². The van der Waals surface area contributed by atoms with Gasteiger partial charge in [0.15, 0.2) is 0 Å². The van der Waals surface area contributed by atoms with Gasteiger partial charge in [-0.3, -0.25) is 0 Å². The minimum Gasteiger partial charge on any atom is -0.328 e. The SMILES string of the molecule is CC(N)C1CCC(F)[C@@H](C)C1. The Labute approximate surface area is 68.2 Å². The van der Waals surface area contributed by atoms with Crippen molar-refractivity contribution in [3.8, 4) is 0 Å². The fourth-order valence-electron chi connectivity index (χ4n) is 1.88. The third-order valence-electron chi connectivity index (χ3n) is 2.85. The summed E-state index contributed by atoms with van der Waals surface area (Å²) >= 11 is 0. The molecule has 0 aliphatic heterocycles. The molecule has 0 saturated heterocycles. The minimum absolute atomic E-state index is 0.222. The largest absolute Gasteiger partial charge is 0.328 e. The Morgan fingerprint density at radius 1 is 1.45 bits per heavy atom. The van der Waals surface area contributed by atoms with E-state index in [2.05, 4.69) is 0 Å². The second-order valence-electron chi connectivity index (χ2n) is 3.93. The molecular formula is C9H18FN. The van der Waals surface area contributed by atoms with Gasteiger partial charge in [0.2, 0.25) is 0 Å². The highest BCUT2D eigenvalue weighted by Crippen LogP contribution is 2.32. The highest BCUT2D eigenvalue weighted by atomic mass is 19.1. The maximum Gasteiger partial charge on any atom is 0.103 e. The van der Waals surface area contributed by atoms with E-state index in [0.29, 0.717) is 12.3 Å². The van der Waals surface area contributed by atoms with E-state index < -0.39 is 6.17 Å². The Morgan fingerprint density at radius 2 is 2.09 bits per heavy atom. The molecule has 66 valence electrons. The quantitative estimate of drug-likeness (QED) is 0.623. The standard InChI is InChI=1S/C9H18FN/c1-6-5-8(7(2)11)3-4-9(6)10/h6-9H,3-5,11H2,1-2H3/t6-,7?,8?,9?/m0/s1. The first-order valence-corrected chi connectivity index (χ1v) is 4.51. The van der Waals surface area contributed by atoms with Gasteiger partial charge in [0.05, 0.1) is 0 Å². The van der Waals surface area contributed by atoms with E-state index in [1.165, 1.54) is 0 Å². The fourth-order valence-corrected chi connectivity index (χ4v) is 1.88. The second-order valence-corrected chi connectivity index (χ2v) is 3.93. The number of nitrogens with two attached hydrogens (primary N) is 1. The lowest BCUT2D eigenvalue weighted by Crippen LogP contribution is -2.34. The predicted molar refractivity (Wildman–Crippen MR) is 45.1 cm³/mol. The van der Waals surface area contributed by atoms with Crippen LogP contribution in [0.2, 0.25) is 0 Å². The Kier molecular flexibility index (Phi) is 2.88. The van der Waals surface area contributed by atoms with Crippen LogP contribution in [0.25, 0.3) is 0 Å². The van der Waals surface area contributed by atoms with Crippen LogP contribution in [0, 0.1) is 11.8 Å². The zero-order valence-corrected chi connectivity index (χ0v) is 7.39. The van der Waals surface area contributed by atoms with E-state index in [9.17, 15) is 4.39 Å². The van der Waals surface area contributed by atoms with Crippen molar-refractivity contribution in [1.29, 1.82) is 0 Å². The van der Waals surface area contributed by atoms with E-state index in [0.717, 1.165) is 12.8 Å². The molecule has 1 aliphatic rings. The Balaban J connectivity index is 2.40. The molecule has 0 aromatic heterocycles. The predicted octanol–water partition coefficient (Wildman–Crippen LogP) is 2.11. The molecule has 0 amide bonds. The number of hydrogen-bond donors (Lipinski definition) is 1. The summed E-state index contributed by atoms with van der Waals surface area (Å²) in [7, 11) is 0. The molecular weight excluding hydrogens is 141 g/mol. The summed E-state index contributed by atoms with van der Waals surface area (Å²) in [6.45, 7) is 4.01. The van der Waals surface area contributed by atoms with Crippen LogP contribution < -0.4 is 5.73 Å². The number of alkyl halides is 1. The van der Waals surface area contributed by atoms with Crippen LogP contribution in [-0.2, 0) is 0 Å². The van der Waals surface area contributed by atoms with Gasteiger partial charge in [-0.1, -0.05) is 6.92 Å². The first-order chi connectivity index (χ1) is 5.11. The molecule has 1 aliphatic carbocycles. The average Bonchev–Trinajstić information content (AvgIpc) is 1.94. The van der Waals surface area contributed by atoms with Crippen LogP contribution in [-0.4, -0.2) is 12.2 Å². The molecule has 1 saturated carbocycles. The third-order valence-corrected chi connectivity index (χ3v) is 2.85. The van der Waals surface area contributed by atoms with Gasteiger partial charge < -0.3 is 5.73 Å². The number of rotatable bonds is 1. The van der Waals surface area contributed by atoms with Crippen LogP contribution in [0.15, 0.2) is 0 Å². The summed E-state index contributed by atoms with van der Waals surface area (Å²) < 4.78 is 13.0. The zero-order chi connectivity index (χ0) is 8.43. The van der Waals surface area contributed by atoms with Gasteiger partial charge in [0.1, 0.15) is 6.17 Å². The fraction of sp³-hybridized carbons (Fsp3) is 1.00. The summed E-state index contributed by atoms with van der Waals surface area (Å²) in [6, 6.07) is 0.241. The summed E-state index contributed by atoms with van der Waals surface area (Å²) in [4.78, 5) is 0. The van der Waals surface area contributed by atoms with E-state index >= 15 is 0 Å². The van der Waals surface area contributed by atoms with Crippen LogP contribution in [0.4, 0.5) is 4.39 Å². The Morgan fingerprint density at radius 3 is 2.55 bits per heavy atom.